The Kier molecular flexibility index (Phi) is 5.97. The van der Waals surface area contributed by atoms with Crippen LogP contribution in [0.25, 0.3) is 10.8 Å². The monoisotopic (exact) mass is 442 g/mol. The highest BCUT2D eigenvalue weighted by Gasteiger charge is 2.22. The van der Waals surface area contributed by atoms with Gasteiger partial charge in [-0.2, -0.15) is 0 Å². The van der Waals surface area contributed by atoms with Crippen LogP contribution in [0.1, 0.15) is 19.3 Å². The van der Waals surface area contributed by atoms with Crippen LogP contribution in [-0.2, 0) is 14.6 Å². The molecule has 4 rings (SSSR count). The van der Waals surface area contributed by atoms with Gasteiger partial charge in [0, 0.05) is 18.1 Å². The van der Waals surface area contributed by atoms with E-state index in [9.17, 15) is 13.2 Å². The van der Waals surface area contributed by atoms with Crippen LogP contribution in [0, 0.1) is 0 Å². The van der Waals surface area contributed by atoms with Crippen LogP contribution in [0.5, 0.6) is 0 Å². The highest BCUT2D eigenvalue weighted by atomic mass is 35.5. The molecular formula is C23H23ClN2O3S. The number of nitrogens with zero attached hydrogens (tertiary/aromatic N) is 1. The van der Waals surface area contributed by atoms with E-state index in [1.54, 1.807) is 30.3 Å². The first-order chi connectivity index (χ1) is 14.4. The lowest BCUT2D eigenvalue weighted by molar-refractivity contribution is -0.113. The number of nitrogens with one attached hydrogen (secondary N) is 1. The molecule has 0 saturated carbocycles. The van der Waals surface area contributed by atoms with E-state index in [-0.39, 0.29) is 4.90 Å². The number of hydrogen-bond donors (Lipinski definition) is 1. The van der Waals surface area contributed by atoms with Crippen LogP contribution >= 0.6 is 11.6 Å². The maximum atomic E-state index is 12.8. The van der Waals surface area contributed by atoms with Crippen LogP contribution in [0.4, 0.5) is 11.4 Å². The van der Waals surface area contributed by atoms with Crippen LogP contribution in [-0.4, -0.2) is 33.2 Å². The third-order valence-corrected chi connectivity index (χ3v) is 7.18. The standard InChI is InChI=1S/C23H23ClN2O3S/c24-19-9-11-22(26-12-4-1-5-13-26)21(15-19)25-23(27)16-30(28,29)20-10-8-17-6-2-3-7-18(17)14-20/h2-3,6-11,14-15H,1,4-5,12-13,16H2,(H,25,27). The number of piperidine rings is 1. The van der Waals surface area contributed by atoms with E-state index < -0.39 is 21.5 Å². The maximum Gasteiger partial charge on any atom is 0.240 e. The van der Waals surface area contributed by atoms with E-state index in [2.05, 4.69) is 10.2 Å². The Bertz CT molecular complexity index is 1190. The van der Waals surface area contributed by atoms with Crippen molar-refractivity contribution in [2.24, 2.45) is 0 Å². The predicted octanol–water partition coefficient (Wildman–Crippen LogP) is 4.90. The average Bonchev–Trinajstić information content (AvgIpc) is 2.73. The summed E-state index contributed by atoms with van der Waals surface area (Å²) in [5, 5.41) is 5.03. The van der Waals surface area contributed by atoms with Crippen LogP contribution in [0.15, 0.2) is 65.6 Å². The summed E-state index contributed by atoms with van der Waals surface area (Å²) in [5.74, 6) is -1.21. The third kappa shape index (κ3) is 4.60. The van der Waals surface area contributed by atoms with Gasteiger partial charge < -0.3 is 10.2 Å². The minimum atomic E-state index is -3.78. The summed E-state index contributed by atoms with van der Waals surface area (Å²) in [6.45, 7) is 1.81. The van der Waals surface area contributed by atoms with E-state index >= 15 is 0 Å². The number of rotatable bonds is 5. The minimum Gasteiger partial charge on any atom is -0.370 e. The Morgan fingerprint density at radius 3 is 2.43 bits per heavy atom. The average molecular weight is 443 g/mol. The molecule has 7 heteroatoms. The zero-order chi connectivity index (χ0) is 21.1. The quantitative estimate of drug-likeness (QED) is 0.610. The van der Waals surface area contributed by atoms with Gasteiger partial charge in [0.2, 0.25) is 5.91 Å². The van der Waals surface area contributed by atoms with Crippen molar-refractivity contribution in [1.29, 1.82) is 0 Å². The number of anilines is 2. The predicted molar refractivity (Wildman–Crippen MR) is 122 cm³/mol. The lowest BCUT2D eigenvalue weighted by Gasteiger charge is -2.30. The van der Waals surface area contributed by atoms with E-state index in [1.165, 1.54) is 6.42 Å². The number of halogens is 1. The van der Waals surface area contributed by atoms with Crippen LogP contribution < -0.4 is 10.2 Å². The summed E-state index contributed by atoms with van der Waals surface area (Å²) in [6, 6.07) is 17.8. The highest BCUT2D eigenvalue weighted by Crippen LogP contribution is 2.31. The topological polar surface area (TPSA) is 66.5 Å². The summed E-state index contributed by atoms with van der Waals surface area (Å²) in [6.07, 6.45) is 3.37. The Hall–Kier alpha value is -2.57. The molecule has 3 aromatic rings. The lowest BCUT2D eigenvalue weighted by Crippen LogP contribution is -2.31. The van der Waals surface area contributed by atoms with Crippen molar-refractivity contribution in [3.63, 3.8) is 0 Å². The molecule has 1 aliphatic rings. The van der Waals surface area contributed by atoms with Gasteiger partial charge >= 0.3 is 0 Å². The molecular weight excluding hydrogens is 420 g/mol. The largest absolute Gasteiger partial charge is 0.370 e. The number of amides is 1. The van der Waals surface area contributed by atoms with Gasteiger partial charge in [0.15, 0.2) is 9.84 Å². The molecule has 0 radical (unpaired) electrons. The van der Waals surface area contributed by atoms with Gasteiger partial charge in [-0.25, -0.2) is 8.42 Å². The molecule has 156 valence electrons. The van der Waals surface area contributed by atoms with Gasteiger partial charge in [-0.1, -0.05) is 41.9 Å². The fraction of sp³-hybridized carbons (Fsp3) is 0.261. The van der Waals surface area contributed by atoms with Gasteiger partial charge in [-0.15, -0.1) is 0 Å². The zero-order valence-electron chi connectivity index (χ0n) is 16.5. The molecule has 1 fully saturated rings. The number of sulfone groups is 1. The number of fused-ring (bicyclic) bond motifs is 1. The van der Waals surface area contributed by atoms with Gasteiger partial charge in [0.05, 0.1) is 16.3 Å². The van der Waals surface area contributed by atoms with E-state index in [1.807, 2.05) is 30.3 Å². The second kappa shape index (κ2) is 8.66. The van der Waals surface area contributed by atoms with Gasteiger partial charge in [-0.05, 0) is 60.4 Å². The summed E-state index contributed by atoms with van der Waals surface area (Å²) in [5.41, 5.74) is 1.42. The van der Waals surface area contributed by atoms with Crippen molar-refractivity contribution in [3.05, 3.63) is 65.7 Å². The van der Waals surface area contributed by atoms with Crippen LogP contribution in [0.2, 0.25) is 5.02 Å². The van der Waals surface area contributed by atoms with Crippen molar-refractivity contribution in [2.45, 2.75) is 24.2 Å². The highest BCUT2D eigenvalue weighted by molar-refractivity contribution is 7.92. The minimum absolute atomic E-state index is 0.138. The molecule has 5 nitrogen and oxygen atoms in total. The summed E-state index contributed by atoms with van der Waals surface area (Å²) >= 11 is 6.14. The van der Waals surface area contributed by atoms with Gasteiger partial charge in [0.1, 0.15) is 5.75 Å². The Morgan fingerprint density at radius 2 is 1.67 bits per heavy atom. The molecule has 0 atom stereocenters. The van der Waals surface area contributed by atoms with Crippen molar-refractivity contribution in [1.82, 2.24) is 0 Å². The van der Waals surface area contributed by atoms with Crippen molar-refractivity contribution < 1.29 is 13.2 Å². The van der Waals surface area contributed by atoms with Gasteiger partial charge in [0.25, 0.3) is 0 Å². The first kappa shape index (κ1) is 20.7. The SMILES string of the molecule is O=C(CS(=O)(=O)c1ccc2ccccc2c1)Nc1cc(Cl)ccc1N1CCCCC1. The number of carbonyl (C=O) groups excluding carboxylic acids is 1. The molecule has 0 spiro atoms. The van der Waals surface area contributed by atoms with E-state index in [0.29, 0.717) is 10.7 Å². The number of benzene rings is 3. The normalized spacial score (nSPS) is 14.6. The second-order valence-electron chi connectivity index (χ2n) is 7.53. The first-order valence-electron chi connectivity index (χ1n) is 9.98. The molecule has 0 aliphatic carbocycles. The number of hydrogen-bond acceptors (Lipinski definition) is 4. The molecule has 30 heavy (non-hydrogen) atoms. The molecule has 1 N–H and O–H groups in total. The third-order valence-electron chi connectivity index (χ3n) is 5.33. The summed E-state index contributed by atoms with van der Waals surface area (Å²) < 4.78 is 25.7. The fourth-order valence-electron chi connectivity index (χ4n) is 3.82. The maximum absolute atomic E-state index is 12.8. The molecule has 1 amide bonds. The lowest BCUT2D eigenvalue weighted by atomic mass is 10.1. The molecule has 0 bridgehead atoms. The van der Waals surface area contributed by atoms with E-state index in [4.69, 9.17) is 11.6 Å². The Balaban J connectivity index is 1.54. The molecule has 3 aromatic carbocycles. The first-order valence-corrected chi connectivity index (χ1v) is 12.0. The van der Waals surface area contributed by atoms with Crippen LogP contribution in [0.3, 0.4) is 0 Å². The second-order valence-corrected chi connectivity index (χ2v) is 9.95. The molecule has 1 aliphatic heterocycles. The summed E-state index contributed by atoms with van der Waals surface area (Å²) in [7, 11) is -3.78. The zero-order valence-corrected chi connectivity index (χ0v) is 18.0. The van der Waals surface area contributed by atoms with E-state index in [0.717, 1.165) is 42.4 Å². The fourth-order valence-corrected chi connectivity index (χ4v) is 5.16. The molecule has 0 unspecified atom stereocenters. The Labute approximate surface area is 181 Å². The Morgan fingerprint density at radius 1 is 0.933 bits per heavy atom. The smallest absolute Gasteiger partial charge is 0.240 e. The molecule has 1 heterocycles. The molecule has 0 aromatic heterocycles. The van der Waals surface area contributed by atoms with Gasteiger partial charge in [-0.3, -0.25) is 4.79 Å². The van der Waals surface area contributed by atoms with Crippen molar-refractivity contribution in [2.75, 3.05) is 29.1 Å². The molecule has 1 saturated heterocycles. The van der Waals surface area contributed by atoms with Crippen molar-refractivity contribution >= 4 is 49.5 Å². The van der Waals surface area contributed by atoms with Crippen molar-refractivity contribution in [3.8, 4) is 0 Å². The summed E-state index contributed by atoms with van der Waals surface area (Å²) in [4.78, 5) is 15.0. The number of carbonyl (C=O) groups is 1.